The zero-order chi connectivity index (χ0) is 24.7. The Morgan fingerprint density at radius 2 is 1.76 bits per heavy atom. The predicted octanol–water partition coefficient (Wildman–Crippen LogP) is 6.43. The first-order valence-corrected chi connectivity index (χ1v) is 11.3. The molecule has 0 fully saturated rings. The molecule has 8 heteroatoms. The number of carbonyl (C=O) groups excluding carboxylic acids is 1. The normalized spacial score (nSPS) is 16.1. The second-order valence-electron chi connectivity index (χ2n) is 9.13. The molecule has 184 valence electrons. The number of benzene rings is 2. The molecule has 1 amide bonds. The molecule has 1 unspecified atom stereocenters. The molecule has 1 heterocycles. The highest BCUT2D eigenvalue weighted by atomic mass is 19.2. The fourth-order valence-electron chi connectivity index (χ4n) is 3.60. The van der Waals surface area contributed by atoms with Gasteiger partial charge in [-0.1, -0.05) is 30.3 Å². The van der Waals surface area contributed by atoms with Crippen LogP contribution >= 0.6 is 0 Å². The van der Waals surface area contributed by atoms with Crippen LogP contribution in [0.15, 0.2) is 48.7 Å². The molecule has 0 aliphatic carbocycles. The average Bonchev–Trinajstić information content (AvgIpc) is 2.78. The first kappa shape index (κ1) is 25.6. The van der Waals surface area contributed by atoms with Crippen molar-refractivity contribution in [1.82, 2.24) is 4.90 Å². The summed E-state index contributed by atoms with van der Waals surface area (Å²) in [5.41, 5.74) is 0.407. The SMILES string of the molecule is CC(C)(C)OC(=O)N1C(c2cc(F)c(F)c(F)c2)=COCC1CCCCOCc1ccccc1. The van der Waals surface area contributed by atoms with Crippen LogP contribution in [-0.2, 0) is 20.8 Å². The number of hydrogen-bond acceptors (Lipinski definition) is 4. The molecule has 0 bridgehead atoms. The molecule has 5 nitrogen and oxygen atoms in total. The Morgan fingerprint density at radius 1 is 1.09 bits per heavy atom. The number of amides is 1. The van der Waals surface area contributed by atoms with Gasteiger partial charge in [0.1, 0.15) is 18.5 Å². The van der Waals surface area contributed by atoms with Crippen molar-refractivity contribution in [3.8, 4) is 0 Å². The summed E-state index contributed by atoms with van der Waals surface area (Å²) in [4.78, 5) is 14.4. The number of hydrogen-bond donors (Lipinski definition) is 0. The average molecular weight is 478 g/mol. The van der Waals surface area contributed by atoms with Crippen molar-refractivity contribution in [2.75, 3.05) is 13.2 Å². The zero-order valence-electron chi connectivity index (χ0n) is 19.7. The van der Waals surface area contributed by atoms with Crippen LogP contribution in [0, 0.1) is 17.5 Å². The van der Waals surface area contributed by atoms with Crippen molar-refractivity contribution in [1.29, 1.82) is 0 Å². The van der Waals surface area contributed by atoms with Crippen molar-refractivity contribution >= 4 is 11.8 Å². The van der Waals surface area contributed by atoms with Crippen LogP contribution in [0.1, 0.15) is 51.2 Å². The van der Waals surface area contributed by atoms with Gasteiger partial charge in [-0.3, -0.25) is 4.90 Å². The summed E-state index contributed by atoms with van der Waals surface area (Å²) in [6.07, 6.45) is 2.61. The van der Waals surface area contributed by atoms with E-state index in [0.717, 1.165) is 30.5 Å². The van der Waals surface area contributed by atoms with Crippen LogP contribution in [0.3, 0.4) is 0 Å². The Hall–Kier alpha value is -3.00. The van der Waals surface area contributed by atoms with Crippen molar-refractivity contribution in [2.45, 2.75) is 58.3 Å². The summed E-state index contributed by atoms with van der Waals surface area (Å²) < 4.78 is 58.1. The molecule has 34 heavy (non-hydrogen) atoms. The minimum Gasteiger partial charge on any atom is -0.497 e. The molecule has 3 rings (SSSR count). The first-order chi connectivity index (χ1) is 16.2. The van der Waals surface area contributed by atoms with Gasteiger partial charge in [0.15, 0.2) is 17.5 Å². The Labute approximate surface area is 198 Å². The van der Waals surface area contributed by atoms with Crippen LogP contribution in [0.2, 0.25) is 0 Å². The number of nitrogens with zero attached hydrogens (tertiary/aromatic N) is 1. The highest BCUT2D eigenvalue weighted by Crippen LogP contribution is 2.31. The maximum absolute atomic E-state index is 13.9. The highest BCUT2D eigenvalue weighted by molar-refractivity contribution is 5.83. The van der Waals surface area contributed by atoms with Crippen LogP contribution in [0.4, 0.5) is 18.0 Å². The number of rotatable bonds is 8. The zero-order valence-corrected chi connectivity index (χ0v) is 19.7. The van der Waals surface area contributed by atoms with Crippen molar-refractivity contribution in [3.63, 3.8) is 0 Å². The van der Waals surface area contributed by atoms with Crippen LogP contribution in [0.5, 0.6) is 0 Å². The number of halogens is 3. The third kappa shape index (κ3) is 7.00. The van der Waals surface area contributed by atoms with Crippen molar-refractivity contribution in [2.24, 2.45) is 0 Å². The lowest BCUT2D eigenvalue weighted by molar-refractivity contribution is 0.0165. The van der Waals surface area contributed by atoms with E-state index < -0.39 is 35.2 Å². The lowest BCUT2D eigenvalue weighted by atomic mass is 10.0. The van der Waals surface area contributed by atoms with E-state index in [2.05, 4.69) is 0 Å². The minimum absolute atomic E-state index is 0.0156. The van der Waals surface area contributed by atoms with Crippen LogP contribution in [-0.4, -0.2) is 35.8 Å². The van der Waals surface area contributed by atoms with E-state index in [9.17, 15) is 18.0 Å². The van der Waals surface area contributed by atoms with Crippen LogP contribution < -0.4 is 0 Å². The fourth-order valence-corrected chi connectivity index (χ4v) is 3.60. The van der Waals surface area contributed by atoms with E-state index in [1.165, 1.54) is 11.2 Å². The molecule has 0 N–H and O–H groups in total. The molecule has 0 saturated heterocycles. The molecular weight excluding hydrogens is 447 g/mol. The molecule has 0 radical (unpaired) electrons. The lowest BCUT2D eigenvalue weighted by Crippen LogP contribution is -2.46. The maximum Gasteiger partial charge on any atom is 0.415 e. The van der Waals surface area contributed by atoms with Gasteiger partial charge < -0.3 is 14.2 Å². The van der Waals surface area contributed by atoms with Gasteiger partial charge in [-0.25, -0.2) is 18.0 Å². The molecular formula is C26H30F3NO4. The van der Waals surface area contributed by atoms with Crippen molar-refractivity contribution in [3.05, 3.63) is 77.3 Å². The molecule has 2 aromatic carbocycles. The fraction of sp³-hybridized carbons (Fsp3) is 0.423. The van der Waals surface area contributed by atoms with Gasteiger partial charge >= 0.3 is 6.09 Å². The Kier molecular flexibility index (Phi) is 8.61. The number of unbranched alkanes of at least 4 members (excludes halogenated alkanes) is 1. The summed E-state index contributed by atoms with van der Waals surface area (Å²) in [6.45, 7) is 6.44. The molecule has 0 saturated carbocycles. The lowest BCUT2D eigenvalue weighted by Gasteiger charge is -2.37. The molecule has 2 aromatic rings. The van der Waals surface area contributed by atoms with E-state index in [4.69, 9.17) is 14.2 Å². The number of ether oxygens (including phenoxy) is 3. The summed E-state index contributed by atoms with van der Waals surface area (Å²) in [5, 5.41) is 0. The highest BCUT2D eigenvalue weighted by Gasteiger charge is 2.35. The third-order valence-corrected chi connectivity index (χ3v) is 5.17. The van der Waals surface area contributed by atoms with E-state index in [-0.39, 0.29) is 17.9 Å². The molecule has 1 aliphatic heterocycles. The van der Waals surface area contributed by atoms with Gasteiger partial charge in [0.05, 0.1) is 18.3 Å². The van der Waals surface area contributed by atoms with E-state index >= 15 is 0 Å². The predicted molar refractivity (Wildman–Crippen MR) is 122 cm³/mol. The Bertz CT molecular complexity index is 982. The molecule has 0 aromatic heterocycles. The maximum atomic E-state index is 13.9. The Balaban J connectivity index is 1.67. The quantitative estimate of drug-likeness (QED) is 0.325. The second kappa shape index (κ2) is 11.4. The van der Waals surface area contributed by atoms with Crippen LogP contribution in [0.25, 0.3) is 5.70 Å². The van der Waals surface area contributed by atoms with Gasteiger partial charge in [0, 0.05) is 12.2 Å². The van der Waals surface area contributed by atoms with Gasteiger partial charge in [-0.2, -0.15) is 0 Å². The van der Waals surface area contributed by atoms with E-state index in [0.29, 0.717) is 19.6 Å². The molecule has 1 atom stereocenters. The molecule has 0 spiro atoms. The standard InChI is InChI=1S/C26H30F3NO4/c1-26(2,3)34-25(31)30-20(11-7-8-12-32-15-18-9-5-4-6-10-18)16-33-17-23(30)19-13-21(27)24(29)22(28)14-19/h4-6,9-10,13-14,17,20H,7-8,11-12,15-16H2,1-3H3. The van der Waals surface area contributed by atoms with E-state index in [1.54, 1.807) is 20.8 Å². The van der Waals surface area contributed by atoms with Gasteiger partial charge in [-0.05, 0) is 57.7 Å². The van der Waals surface area contributed by atoms with Crippen molar-refractivity contribution < 1.29 is 32.2 Å². The van der Waals surface area contributed by atoms with Gasteiger partial charge in [-0.15, -0.1) is 0 Å². The summed E-state index contributed by atoms with van der Waals surface area (Å²) in [6, 6.07) is 11.1. The van der Waals surface area contributed by atoms with Gasteiger partial charge in [0.25, 0.3) is 0 Å². The first-order valence-electron chi connectivity index (χ1n) is 11.3. The van der Waals surface area contributed by atoms with Gasteiger partial charge in [0.2, 0.25) is 0 Å². The Morgan fingerprint density at radius 3 is 2.41 bits per heavy atom. The number of carbonyl (C=O) groups is 1. The summed E-state index contributed by atoms with van der Waals surface area (Å²) in [5.74, 6) is -4.27. The smallest absolute Gasteiger partial charge is 0.415 e. The second-order valence-corrected chi connectivity index (χ2v) is 9.13. The topological polar surface area (TPSA) is 48.0 Å². The molecule has 1 aliphatic rings. The monoisotopic (exact) mass is 477 g/mol. The third-order valence-electron chi connectivity index (χ3n) is 5.17. The van der Waals surface area contributed by atoms with E-state index in [1.807, 2.05) is 30.3 Å². The minimum atomic E-state index is -1.57. The largest absolute Gasteiger partial charge is 0.497 e. The summed E-state index contributed by atoms with van der Waals surface area (Å²) in [7, 11) is 0. The summed E-state index contributed by atoms with van der Waals surface area (Å²) >= 11 is 0.